The Hall–Kier alpha value is -2.43. The van der Waals surface area contributed by atoms with Gasteiger partial charge < -0.3 is 10.4 Å². The summed E-state index contributed by atoms with van der Waals surface area (Å²) in [4.78, 5) is 27.2. The van der Waals surface area contributed by atoms with Crippen LogP contribution in [0, 0.1) is 5.41 Å². The number of hydrogen-bond donors (Lipinski definition) is 2. The molecule has 104 valence electrons. The highest BCUT2D eigenvalue weighted by atomic mass is 16.4. The van der Waals surface area contributed by atoms with Gasteiger partial charge in [0.2, 0.25) is 5.91 Å². The molecule has 1 aromatic heterocycles. The van der Waals surface area contributed by atoms with Crippen LogP contribution >= 0.6 is 0 Å². The molecule has 20 heavy (non-hydrogen) atoms. The van der Waals surface area contributed by atoms with Crippen LogP contribution < -0.4 is 5.32 Å². The summed E-state index contributed by atoms with van der Waals surface area (Å²) in [5.41, 5.74) is 0.331. The number of aromatic nitrogens is 1. The second-order valence-corrected chi connectivity index (χ2v) is 5.29. The lowest BCUT2D eigenvalue weighted by atomic mass is 9.89. The van der Waals surface area contributed by atoms with Crippen LogP contribution in [0.15, 0.2) is 36.5 Å². The zero-order valence-corrected chi connectivity index (χ0v) is 11.4. The van der Waals surface area contributed by atoms with E-state index in [0.29, 0.717) is 5.69 Å². The lowest BCUT2D eigenvalue weighted by Gasteiger charge is -2.18. The van der Waals surface area contributed by atoms with E-state index in [9.17, 15) is 9.59 Å². The molecule has 0 saturated carbocycles. The van der Waals surface area contributed by atoms with Gasteiger partial charge in [0.25, 0.3) is 0 Å². The van der Waals surface area contributed by atoms with E-state index in [0.717, 1.165) is 10.9 Å². The van der Waals surface area contributed by atoms with Gasteiger partial charge in [-0.2, -0.15) is 0 Å². The normalized spacial score (nSPS) is 11.3. The highest BCUT2D eigenvalue weighted by Crippen LogP contribution is 2.24. The maximum atomic E-state index is 12.0. The Morgan fingerprint density at radius 2 is 2.00 bits per heavy atom. The Bertz CT molecular complexity index is 660. The zero-order chi connectivity index (χ0) is 14.8. The zero-order valence-electron chi connectivity index (χ0n) is 11.4. The van der Waals surface area contributed by atoms with E-state index in [1.54, 1.807) is 24.4 Å². The minimum atomic E-state index is -1.09. The number of rotatable bonds is 4. The fourth-order valence-corrected chi connectivity index (χ4v) is 1.88. The lowest BCUT2D eigenvalue weighted by molar-refractivity contribution is -0.148. The Labute approximate surface area is 116 Å². The van der Waals surface area contributed by atoms with E-state index in [4.69, 9.17) is 5.11 Å². The van der Waals surface area contributed by atoms with Gasteiger partial charge in [-0.3, -0.25) is 14.6 Å². The van der Waals surface area contributed by atoms with Gasteiger partial charge in [-0.05, 0) is 38.1 Å². The number of pyridine rings is 1. The molecule has 0 spiro atoms. The van der Waals surface area contributed by atoms with Crippen LogP contribution in [0.4, 0.5) is 5.69 Å². The number of carboxylic acids is 1. The predicted octanol–water partition coefficient (Wildman–Crippen LogP) is 2.67. The maximum absolute atomic E-state index is 12.0. The molecule has 0 bridgehead atoms. The molecule has 0 aliphatic carbocycles. The Morgan fingerprint density at radius 1 is 1.25 bits per heavy atom. The van der Waals surface area contributed by atoms with E-state index >= 15 is 0 Å². The monoisotopic (exact) mass is 272 g/mol. The molecule has 0 atom stereocenters. The predicted molar refractivity (Wildman–Crippen MR) is 76.4 cm³/mol. The van der Waals surface area contributed by atoms with Gasteiger partial charge in [0, 0.05) is 18.0 Å². The van der Waals surface area contributed by atoms with Crippen LogP contribution in [0.1, 0.15) is 20.3 Å². The molecule has 0 unspecified atom stereocenters. The molecular formula is C15H16N2O3. The quantitative estimate of drug-likeness (QED) is 0.896. The number of anilines is 1. The molecule has 0 fully saturated rings. The van der Waals surface area contributed by atoms with E-state index in [1.165, 1.54) is 13.8 Å². The fraction of sp³-hybridized carbons (Fsp3) is 0.267. The van der Waals surface area contributed by atoms with Crippen LogP contribution in [0.3, 0.4) is 0 Å². The van der Waals surface area contributed by atoms with Crippen molar-refractivity contribution in [1.82, 2.24) is 4.98 Å². The number of carboxylic acid groups (broad SMARTS) is 1. The standard InChI is InChI=1S/C15H16N2O3/c1-15(2,14(19)20)9-13(18)17-12-7-3-6-11-10(12)5-4-8-16-11/h3-8H,9H2,1-2H3,(H,17,18)(H,19,20). The summed E-state index contributed by atoms with van der Waals surface area (Å²) in [6.45, 7) is 3.05. The lowest BCUT2D eigenvalue weighted by Crippen LogP contribution is -2.29. The van der Waals surface area contributed by atoms with Gasteiger partial charge >= 0.3 is 5.97 Å². The first-order valence-corrected chi connectivity index (χ1v) is 6.27. The second-order valence-electron chi connectivity index (χ2n) is 5.29. The highest BCUT2D eigenvalue weighted by Gasteiger charge is 2.30. The highest BCUT2D eigenvalue weighted by molar-refractivity contribution is 6.02. The van der Waals surface area contributed by atoms with Crippen molar-refractivity contribution in [2.45, 2.75) is 20.3 Å². The SMILES string of the molecule is CC(C)(CC(=O)Nc1cccc2ncccc12)C(=O)O. The molecule has 0 aliphatic heterocycles. The summed E-state index contributed by atoms with van der Waals surface area (Å²) in [5.74, 6) is -1.32. The first kappa shape index (κ1) is 14.0. The Kier molecular flexibility index (Phi) is 3.70. The third-order valence-electron chi connectivity index (χ3n) is 3.10. The number of nitrogens with zero attached hydrogens (tertiary/aromatic N) is 1. The summed E-state index contributed by atoms with van der Waals surface area (Å²) in [6, 6.07) is 9.08. The van der Waals surface area contributed by atoms with E-state index in [2.05, 4.69) is 10.3 Å². The van der Waals surface area contributed by atoms with Gasteiger partial charge in [-0.1, -0.05) is 6.07 Å². The number of carbonyl (C=O) groups is 2. The number of nitrogens with one attached hydrogen (secondary N) is 1. The van der Waals surface area contributed by atoms with E-state index in [1.807, 2.05) is 12.1 Å². The average Bonchev–Trinajstić information content (AvgIpc) is 2.38. The van der Waals surface area contributed by atoms with Crippen molar-refractivity contribution < 1.29 is 14.7 Å². The molecule has 5 nitrogen and oxygen atoms in total. The third kappa shape index (κ3) is 2.93. The molecule has 2 N–H and O–H groups in total. The summed E-state index contributed by atoms with van der Waals surface area (Å²) in [5, 5.41) is 12.6. The molecular weight excluding hydrogens is 256 g/mol. The van der Waals surface area contributed by atoms with Gasteiger partial charge in [-0.25, -0.2) is 0 Å². The van der Waals surface area contributed by atoms with Crippen molar-refractivity contribution in [2.24, 2.45) is 5.41 Å². The van der Waals surface area contributed by atoms with Crippen molar-refractivity contribution in [3.63, 3.8) is 0 Å². The summed E-state index contributed by atoms with van der Waals surface area (Å²) >= 11 is 0. The number of benzene rings is 1. The number of aliphatic carboxylic acids is 1. The maximum Gasteiger partial charge on any atom is 0.309 e. The molecule has 2 aromatic rings. The molecule has 1 heterocycles. The first-order chi connectivity index (χ1) is 9.40. The van der Waals surface area contributed by atoms with Gasteiger partial charge in [0.05, 0.1) is 16.6 Å². The average molecular weight is 272 g/mol. The summed E-state index contributed by atoms with van der Waals surface area (Å²) < 4.78 is 0. The molecule has 0 aliphatic rings. The van der Waals surface area contributed by atoms with Crippen LogP contribution in [0.2, 0.25) is 0 Å². The molecule has 1 amide bonds. The molecule has 5 heteroatoms. The van der Waals surface area contributed by atoms with E-state index < -0.39 is 11.4 Å². The fourth-order valence-electron chi connectivity index (χ4n) is 1.88. The number of amides is 1. The largest absolute Gasteiger partial charge is 0.481 e. The minimum Gasteiger partial charge on any atom is -0.481 e. The van der Waals surface area contributed by atoms with Crippen molar-refractivity contribution in [2.75, 3.05) is 5.32 Å². The number of carbonyl (C=O) groups excluding carboxylic acids is 1. The van der Waals surface area contributed by atoms with Gasteiger partial charge in [0.1, 0.15) is 0 Å². The Balaban J connectivity index is 2.21. The van der Waals surface area contributed by atoms with Gasteiger partial charge in [-0.15, -0.1) is 0 Å². The first-order valence-electron chi connectivity index (χ1n) is 6.27. The number of fused-ring (bicyclic) bond motifs is 1. The molecule has 0 saturated heterocycles. The minimum absolute atomic E-state index is 0.0843. The molecule has 2 rings (SSSR count). The van der Waals surface area contributed by atoms with Crippen molar-refractivity contribution in [3.05, 3.63) is 36.5 Å². The van der Waals surface area contributed by atoms with Crippen LogP contribution in [-0.4, -0.2) is 22.0 Å². The third-order valence-corrected chi connectivity index (χ3v) is 3.10. The summed E-state index contributed by atoms with van der Waals surface area (Å²) in [6.07, 6.45) is 1.60. The van der Waals surface area contributed by atoms with Crippen LogP contribution in [-0.2, 0) is 9.59 Å². The smallest absolute Gasteiger partial charge is 0.309 e. The van der Waals surface area contributed by atoms with Crippen molar-refractivity contribution in [3.8, 4) is 0 Å². The molecule has 1 aromatic carbocycles. The van der Waals surface area contributed by atoms with Crippen LogP contribution in [0.5, 0.6) is 0 Å². The van der Waals surface area contributed by atoms with Gasteiger partial charge in [0.15, 0.2) is 0 Å². The second kappa shape index (κ2) is 5.28. The Morgan fingerprint density at radius 3 is 2.70 bits per heavy atom. The number of hydrogen-bond acceptors (Lipinski definition) is 3. The topological polar surface area (TPSA) is 79.3 Å². The van der Waals surface area contributed by atoms with Crippen molar-refractivity contribution >= 4 is 28.5 Å². The van der Waals surface area contributed by atoms with Crippen molar-refractivity contribution in [1.29, 1.82) is 0 Å². The van der Waals surface area contributed by atoms with E-state index in [-0.39, 0.29) is 12.3 Å². The molecule has 0 radical (unpaired) electrons. The summed E-state index contributed by atoms with van der Waals surface area (Å²) in [7, 11) is 0. The van der Waals surface area contributed by atoms with Crippen LogP contribution in [0.25, 0.3) is 10.9 Å².